The lowest BCUT2D eigenvalue weighted by Crippen LogP contribution is -2.13. The van der Waals surface area contributed by atoms with Crippen molar-refractivity contribution in [3.63, 3.8) is 0 Å². The fourth-order valence-electron chi connectivity index (χ4n) is 1.08. The summed E-state index contributed by atoms with van der Waals surface area (Å²) in [6.45, 7) is 0. The summed E-state index contributed by atoms with van der Waals surface area (Å²) in [6, 6.07) is 0. The van der Waals surface area contributed by atoms with Gasteiger partial charge in [0.2, 0.25) is 6.43 Å². The van der Waals surface area contributed by atoms with Crippen molar-refractivity contribution >= 4 is 11.8 Å². The van der Waals surface area contributed by atoms with Crippen molar-refractivity contribution < 1.29 is 8.78 Å². The number of thioether (sulfide) groups is 1. The SMILES string of the molecule is FC(F)CCSCC1CCC1. The lowest BCUT2D eigenvalue weighted by molar-refractivity contribution is 0.145. The molecule has 0 bridgehead atoms. The summed E-state index contributed by atoms with van der Waals surface area (Å²) in [7, 11) is 0. The summed E-state index contributed by atoms with van der Waals surface area (Å²) in [5.41, 5.74) is 0. The maximum absolute atomic E-state index is 11.6. The lowest BCUT2D eigenvalue weighted by atomic mass is 9.87. The molecular formula is C8H14F2S. The zero-order chi connectivity index (χ0) is 8.10. The fraction of sp³-hybridized carbons (Fsp3) is 1.00. The van der Waals surface area contributed by atoms with Crippen LogP contribution in [0.1, 0.15) is 25.7 Å². The van der Waals surface area contributed by atoms with E-state index in [0.717, 1.165) is 11.7 Å². The first-order chi connectivity index (χ1) is 5.29. The highest BCUT2D eigenvalue weighted by molar-refractivity contribution is 7.99. The van der Waals surface area contributed by atoms with Crippen LogP contribution in [0.15, 0.2) is 0 Å². The standard InChI is InChI=1S/C8H14F2S/c9-8(10)4-5-11-6-7-2-1-3-7/h7-8H,1-6H2. The first-order valence-corrected chi connectivity index (χ1v) is 5.30. The van der Waals surface area contributed by atoms with Crippen molar-refractivity contribution in [2.45, 2.75) is 32.1 Å². The van der Waals surface area contributed by atoms with E-state index in [1.165, 1.54) is 19.3 Å². The van der Waals surface area contributed by atoms with Crippen LogP contribution in [0.3, 0.4) is 0 Å². The normalized spacial score (nSPS) is 18.8. The molecule has 0 N–H and O–H groups in total. The Kier molecular flexibility index (Phi) is 4.20. The van der Waals surface area contributed by atoms with Gasteiger partial charge in [-0.3, -0.25) is 0 Å². The molecule has 0 aromatic heterocycles. The van der Waals surface area contributed by atoms with Crippen molar-refractivity contribution in [3.05, 3.63) is 0 Å². The Balaban J connectivity index is 1.80. The smallest absolute Gasteiger partial charge is 0.211 e. The van der Waals surface area contributed by atoms with Gasteiger partial charge in [-0.2, -0.15) is 11.8 Å². The molecule has 0 heterocycles. The molecule has 1 fully saturated rings. The number of rotatable bonds is 5. The number of alkyl halides is 2. The van der Waals surface area contributed by atoms with E-state index in [2.05, 4.69) is 0 Å². The van der Waals surface area contributed by atoms with Gasteiger partial charge in [-0.15, -0.1) is 0 Å². The predicted molar refractivity (Wildman–Crippen MR) is 45.3 cm³/mol. The van der Waals surface area contributed by atoms with Crippen molar-refractivity contribution in [2.75, 3.05) is 11.5 Å². The van der Waals surface area contributed by atoms with Gasteiger partial charge in [-0.1, -0.05) is 6.42 Å². The molecule has 1 saturated carbocycles. The van der Waals surface area contributed by atoms with Crippen LogP contribution in [0.5, 0.6) is 0 Å². The van der Waals surface area contributed by atoms with E-state index in [9.17, 15) is 8.78 Å². The van der Waals surface area contributed by atoms with Crippen molar-refractivity contribution in [1.29, 1.82) is 0 Å². The topological polar surface area (TPSA) is 0 Å². The van der Waals surface area contributed by atoms with Crippen LogP contribution in [0.4, 0.5) is 8.78 Å². The molecule has 0 nitrogen and oxygen atoms in total. The summed E-state index contributed by atoms with van der Waals surface area (Å²) in [5.74, 6) is 2.58. The lowest BCUT2D eigenvalue weighted by Gasteiger charge is -2.24. The Bertz CT molecular complexity index is 102. The van der Waals surface area contributed by atoms with E-state index in [4.69, 9.17) is 0 Å². The molecule has 1 aliphatic carbocycles. The summed E-state index contributed by atoms with van der Waals surface area (Å²) >= 11 is 1.69. The Morgan fingerprint density at radius 2 is 2.09 bits per heavy atom. The van der Waals surface area contributed by atoms with Crippen molar-refractivity contribution in [2.24, 2.45) is 5.92 Å². The summed E-state index contributed by atoms with van der Waals surface area (Å²) < 4.78 is 23.3. The third-order valence-corrected chi connectivity index (χ3v) is 3.29. The van der Waals surface area contributed by atoms with Crippen LogP contribution in [-0.2, 0) is 0 Å². The fourth-order valence-corrected chi connectivity index (χ4v) is 2.26. The maximum atomic E-state index is 11.6. The second kappa shape index (κ2) is 4.96. The monoisotopic (exact) mass is 180 g/mol. The average Bonchev–Trinajstić information content (AvgIpc) is 1.82. The minimum absolute atomic E-state index is 0.0669. The van der Waals surface area contributed by atoms with Gasteiger partial charge in [0.05, 0.1) is 0 Å². The largest absolute Gasteiger partial charge is 0.239 e. The van der Waals surface area contributed by atoms with E-state index in [-0.39, 0.29) is 6.42 Å². The molecule has 0 spiro atoms. The average molecular weight is 180 g/mol. The van der Waals surface area contributed by atoms with Gasteiger partial charge in [0.1, 0.15) is 0 Å². The molecule has 0 radical (unpaired) electrons. The quantitative estimate of drug-likeness (QED) is 0.585. The highest BCUT2D eigenvalue weighted by Gasteiger charge is 2.16. The highest BCUT2D eigenvalue weighted by Crippen LogP contribution is 2.29. The van der Waals surface area contributed by atoms with Gasteiger partial charge in [-0.05, 0) is 30.3 Å². The molecule has 0 amide bonds. The van der Waals surface area contributed by atoms with Gasteiger partial charge in [-0.25, -0.2) is 8.78 Å². The summed E-state index contributed by atoms with van der Waals surface area (Å²) in [4.78, 5) is 0. The van der Waals surface area contributed by atoms with E-state index >= 15 is 0 Å². The second-order valence-electron chi connectivity index (χ2n) is 3.05. The Hall–Kier alpha value is 0.210. The van der Waals surface area contributed by atoms with Crippen LogP contribution in [0.25, 0.3) is 0 Å². The minimum Gasteiger partial charge on any atom is -0.211 e. The van der Waals surface area contributed by atoms with Crippen LogP contribution in [-0.4, -0.2) is 17.9 Å². The Morgan fingerprint density at radius 1 is 1.36 bits per heavy atom. The number of halogens is 2. The number of hydrogen-bond acceptors (Lipinski definition) is 1. The first kappa shape index (κ1) is 9.30. The predicted octanol–water partition coefficient (Wildman–Crippen LogP) is 3.17. The molecule has 11 heavy (non-hydrogen) atoms. The van der Waals surface area contributed by atoms with E-state index in [1.807, 2.05) is 0 Å². The van der Waals surface area contributed by atoms with Crippen LogP contribution < -0.4 is 0 Å². The maximum Gasteiger partial charge on any atom is 0.239 e. The number of hydrogen-bond donors (Lipinski definition) is 0. The van der Waals surface area contributed by atoms with Crippen molar-refractivity contribution in [1.82, 2.24) is 0 Å². The molecular weight excluding hydrogens is 166 g/mol. The van der Waals surface area contributed by atoms with Crippen LogP contribution in [0, 0.1) is 5.92 Å². The minimum atomic E-state index is -2.11. The molecule has 1 aliphatic rings. The van der Waals surface area contributed by atoms with Gasteiger partial charge in [0, 0.05) is 6.42 Å². The highest BCUT2D eigenvalue weighted by atomic mass is 32.2. The zero-order valence-corrected chi connectivity index (χ0v) is 7.38. The Morgan fingerprint density at radius 3 is 2.55 bits per heavy atom. The molecule has 0 atom stereocenters. The van der Waals surface area contributed by atoms with E-state index < -0.39 is 6.43 Å². The molecule has 1 rings (SSSR count). The first-order valence-electron chi connectivity index (χ1n) is 4.15. The van der Waals surface area contributed by atoms with E-state index in [1.54, 1.807) is 11.8 Å². The third kappa shape index (κ3) is 3.94. The summed E-state index contributed by atoms with van der Waals surface area (Å²) in [5, 5.41) is 0. The van der Waals surface area contributed by atoms with Gasteiger partial charge >= 0.3 is 0 Å². The molecule has 0 aromatic rings. The molecule has 0 aliphatic heterocycles. The third-order valence-electron chi connectivity index (χ3n) is 2.06. The molecule has 66 valence electrons. The van der Waals surface area contributed by atoms with Gasteiger partial charge in [0.15, 0.2) is 0 Å². The summed E-state index contributed by atoms with van der Waals surface area (Å²) in [6.07, 6.45) is 1.95. The molecule has 3 heteroatoms. The van der Waals surface area contributed by atoms with Gasteiger partial charge < -0.3 is 0 Å². The Labute approximate surface area is 70.7 Å². The van der Waals surface area contributed by atoms with Gasteiger partial charge in [0.25, 0.3) is 0 Å². The molecule has 0 unspecified atom stereocenters. The van der Waals surface area contributed by atoms with Crippen LogP contribution >= 0.6 is 11.8 Å². The molecule has 0 aromatic carbocycles. The molecule has 0 saturated heterocycles. The van der Waals surface area contributed by atoms with Crippen LogP contribution in [0.2, 0.25) is 0 Å². The van der Waals surface area contributed by atoms with Crippen molar-refractivity contribution in [3.8, 4) is 0 Å². The second-order valence-corrected chi connectivity index (χ2v) is 4.20. The zero-order valence-electron chi connectivity index (χ0n) is 6.56. The van der Waals surface area contributed by atoms with E-state index in [0.29, 0.717) is 5.75 Å².